The van der Waals surface area contributed by atoms with Gasteiger partial charge in [0.05, 0.1) is 16.9 Å². The summed E-state index contributed by atoms with van der Waals surface area (Å²) in [6.45, 7) is 0.416. The number of hydrogen-bond acceptors (Lipinski definition) is 5. The van der Waals surface area contributed by atoms with Gasteiger partial charge in [-0.15, -0.1) is 0 Å². The lowest BCUT2D eigenvalue weighted by Gasteiger charge is -2.13. The van der Waals surface area contributed by atoms with Crippen molar-refractivity contribution in [2.45, 2.75) is 12.7 Å². The maximum absolute atomic E-state index is 13.9. The average Bonchev–Trinajstić information content (AvgIpc) is 3.27. The van der Waals surface area contributed by atoms with Gasteiger partial charge >= 0.3 is 12.2 Å². The highest BCUT2D eigenvalue weighted by Crippen LogP contribution is 2.32. The number of carbonyl (C=O) groups is 2. The van der Waals surface area contributed by atoms with E-state index in [4.69, 9.17) is 0 Å². The summed E-state index contributed by atoms with van der Waals surface area (Å²) in [5.41, 5.74) is 6.50. The SMILES string of the molecule is CNC(=O)c1cc(-c2cccc(NC(=O)Nc3cc(C(F)(F)F)ccc3F)c2)nc2c1CNN2. The van der Waals surface area contributed by atoms with Crippen molar-refractivity contribution in [3.05, 3.63) is 71.0 Å². The lowest BCUT2D eigenvalue weighted by molar-refractivity contribution is -0.137. The van der Waals surface area contributed by atoms with E-state index in [1.807, 2.05) is 0 Å². The van der Waals surface area contributed by atoms with Gasteiger partial charge in [0, 0.05) is 36.0 Å². The van der Waals surface area contributed by atoms with Crippen LogP contribution in [0.2, 0.25) is 0 Å². The number of alkyl halides is 3. The number of hydrazine groups is 1. The number of fused-ring (bicyclic) bond motifs is 1. The minimum atomic E-state index is -4.68. The number of nitrogens with zero attached hydrogens (tertiary/aromatic N) is 1. The first-order chi connectivity index (χ1) is 16.2. The third-order valence-corrected chi connectivity index (χ3v) is 5.03. The molecule has 1 aliphatic heterocycles. The molecule has 1 aromatic heterocycles. The first-order valence-electron chi connectivity index (χ1n) is 9.96. The number of nitrogens with one attached hydrogen (secondary N) is 5. The summed E-state index contributed by atoms with van der Waals surface area (Å²) in [7, 11) is 1.51. The molecule has 4 rings (SSSR count). The van der Waals surface area contributed by atoms with Gasteiger partial charge in [0.2, 0.25) is 0 Å². The van der Waals surface area contributed by atoms with Crippen LogP contribution in [0.1, 0.15) is 21.5 Å². The molecule has 176 valence electrons. The van der Waals surface area contributed by atoms with E-state index >= 15 is 0 Å². The molecule has 0 bridgehead atoms. The number of aromatic nitrogens is 1. The van der Waals surface area contributed by atoms with Gasteiger partial charge in [-0.3, -0.25) is 4.79 Å². The summed E-state index contributed by atoms with van der Waals surface area (Å²) in [5.74, 6) is -0.809. The molecule has 0 saturated carbocycles. The molecule has 3 aromatic rings. The van der Waals surface area contributed by atoms with Crippen molar-refractivity contribution in [3.63, 3.8) is 0 Å². The molecule has 2 heterocycles. The Labute approximate surface area is 190 Å². The van der Waals surface area contributed by atoms with E-state index < -0.39 is 29.3 Å². The molecule has 0 saturated heterocycles. The molecule has 8 nitrogen and oxygen atoms in total. The van der Waals surface area contributed by atoms with Crippen molar-refractivity contribution in [2.75, 3.05) is 23.1 Å². The standard InChI is InChI=1S/C22H18F4N6O2/c1-27-20(33)14-9-17(30-19-15(14)10-28-32-19)11-3-2-4-13(7-11)29-21(34)31-18-8-12(22(24,25)26)5-6-16(18)23/h2-9,28H,10H2,1H3,(H,27,33)(H,30,32)(H2,29,31,34). The van der Waals surface area contributed by atoms with Crippen LogP contribution < -0.4 is 26.8 Å². The van der Waals surface area contributed by atoms with Gasteiger partial charge in [-0.1, -0.05) is 12.1 Å². The molecule has 0 spiro atoms. The number of anilines is 3. The maximum atomic E-state index is 13.9. The minimum Gasteiger partial charge on any atom is -0.355 e. The van der Waals surface area contributed by atoms with Crippen LogP contribution in [-0.4, -0.2) is 24.0 Å². The molecule has 2 aromatic carbocycles. The molecule has 34 heavy (non-hydrogen) atoms. The van der Waals surface area contributed by atoms with Gasteiger partial charge in [0.25, 0.3) is 5.91 Å². The number of urea groups is 1. The Morgan fingerprint density at radius 2 is 1.85 bits per heavy atom. The molecule has 0 atom stereocenters. The summed E-state index contributed by atoms with van der Waals surface area (Å²) >= 11 is 0. The third-order valence-electron chi connectivity index (χ3n) is 5.03. The Hall–Kier alpha value is -4.19. The first kappa shape index (κ1) is 23.0. The van der Waals surface area contributed by atoms with Gasteiger partial charge in [-0.2, -0.15) is 13.2 Å². The van der Waals surface area contributed by atoms with Crippen molar-refractivity contribution in [2.24, 2.45) is 0 Å². The molecule has 0 fully saturated rings. The number of halogens is 4. The van der Waals surface area contributed by atoms with Crippen molar-refractivity contribution >= 4 is 29.1 Å². The zero-order valence-electron chi connectivity index (χ0n) is 17.6. The normalized spacial score (nSPS) is 12.5. The van der Waals surface area contributed by atoms with E-state index in [2.05, 4.69) is 31.8 Å². The van der Waals surface area contributed by atoms with Crippen LogP contribution >= 0.6 is 0 Å². The van der Waals surface area contributed by atoms with Crippen LogP contribution in [0.25, 0.3) is 11.3 Å². The van der Waals surface area contributed by atoms with Crippen LogP contribution in [0, 0.1) is 5.82 Å². The maximum Gasteiger partial charge on any atom is 0.416 e. The highest BCUT2D eigenvalue weighted by atomic mass is 19.4. The van der Waals surface area contributed by atoms with Crippen LogP contribution in [0.4, 0.5) is 39.5 Å². The fraction of sp³-hybridized carbons (Fsp3) is 0.136. The Morgan fingerprint density at radius 3 is 2.59 bits per heavy atom. The summed E-state index contributed by atoms with van der Waals surface area (Å²) in [4.78, 5) is 29.1. The summed E-state index contributed by atoms with van der Waals surface area (Å²) in [6.07, 6.45) is -4.68. The predicted octanol–water partition coefficient (Wildman–Crippen LogP) is 4.34. The van der Waals surface area contributed by atoms with Crippen molar-refractivity contribution in [1.29, 1.82) is 0 Å². The molecule has 3 amide bonds. The second-order valence-electron chi connectivity index (χ2n) is 7.29. The smallest absolute Gasteiger partial charge is 0.355 e. The van der Waals surface area contributed by atoms with E-state index in [1.165, 1.54) is 7.05 Å². The Bertz CT molecular complexity index is 1280. The third kappa shape index (κ3) is 4.76. The second-order valence-corrected chi connectivity index (χ2v) is 7.29. The monoisotopic (exact) mass is 474 g/mol. The number of amides is 3. The quantitative estimate of drug-likeness (QED) is 0.362. The predicted molar refractivity (Wildman–Crippen MR) is 118 cm³/mol. The molecule has 5 N–H and O–H groups in total. The molecule has 0 unspecified atom stereocenters. The second kappa shape index (κ2) is 8.98. The Morgan fingerprint density at radius 1 is 1.06 bits per heavy atom. The van der Waals surface area contributed by atoms with Crippen molar-refractivity contribution in [1.82, 2.24) is 15.7 Å². The number of carbonyl (C=O) groups excluding carboxylic acids is 2. The van der Waals surface area contributed by atoms with E-state index in [9.17, 15) is 27.2 Å². The molecule has 1 aliphatic rings. The lowest BCUT2D eigenvalue weighted by Crippen LogP contribution is -2.21. The van der Waals surface area contributed by atoms with Crippen LogP contribution in [0.5, 0.6) is 0 Å². The molecule has 0 aliphatic carbocycles. The molecule has 0 radical (unpaired) electrons. The number of rotatable bonds is 4. The molecular formula is C22H18F4N6O2. The van der Waals surface area contributed by atoms with E-state index in [-0.39, 0.29) is 11.6 Å². The van der Waals surface area contributed by atoms with Gasteiger partial charge in [-0.25, -0.2) is 19.6 Å². The summed E-state index contributed by atoms with van der Waals surface area (Å²) in [5, 5.41) is 7.12. The summed E-state index contributed by atoms with van der Waals surface area (Å²) in [6, 6.07) is 8.84. The zero-order valence-corrected chi connectivity index (χ0v) is 17.6. The minimum absolute atomic E-state index is 0.275. The van der Waals surface area contributed by atoms with Crippen LogP contribution in [0.15, 0.2) is 48.5 Å². The average molecular weight is 474 g/mol. The van der Waals surface area contributed by atoms with Crippen LogP contribution in [0.3, 0.4) is 0 Å². The van der Waals surface area contributed by atoms with E-state index in [0.29, 0.717) is 52.9 Å². The first-order valence-corrected chi connectivity index (χ1v) is 9.96. The topological polar surface area (TPSA) is 107 Å². The van der Waals surface area contributed by atoms with Gasteiger partial charge in [-0.05, 0) is 36.4 Å². The van der Waals surface area contributed by atoms with Gasteiger partial charge in [0.1, 0.15) is 11.6 Å². The van der Waals surface area contributed by atoms with E-state index in [1.54, 1.807) is 30.3 Å². The Balaban J connectivity index is 1.56. The Kier molecular flexibility index (Phi) is 6.07. The molecule has 12 heteroatoms. The number of benzene rings is 2. The van der Waals surface area contributed by atoms with Crippen molar-refractivity contribution < 1.29 is 27.2 Å². The van der Waals surface area contributed by atoms with E-state index in [0.717, 1.165) is 0 Å². The van der Waals surface area contributed by atoms with Crippen molar-refractivity contribution in [3.8, 4) is 11.3 Å². The van der Waals surface area contributed by atoms with Gasteiger partial charge in [0.15, 0.2) is 0 Å². The zero-order chi connectivity index (χ0) is 24.5. The fourth-order valence-corrected chi connectivity index (χ4v) is 3.39. The molecular weight excluding hydrogens is 456 g/mol. The number of pyridine rings is 1. The highest BCUT2D eigenvalue weighted by molar-refractivity contribution is 6.00. The van der Waals surface area contributed by atoms with Gasteiger partial charge < -0.3 is 21.4 Å². The largest absolute Gasteiger partial charge is 0.416 e. The lowest BCUT2D eigenvalue weighted by atomic mass is 10.0. The fourth-order valence-electron chi connectivity index (χ4n) is 3.39. The summed E-state index contributed by atoms with van der Waals surface area (Å²) < 4.78 is 52.6. The number of hydrogen-bond donors (Lipinski definition) is 5. The van der Waals surface area contributed by atoms with Crippen LogP contribution in [-0.2, 0) is 12.7 Å². The highest BCUT2D eigenvalue weighted by Gasteiger charge is 2.31.